The van der Waals surface area contributed by atoms with Crippen molar-refractivity contribution >= 4 is 54.7 Å². The number of ether oxygens (including phenoxy) is 2. The fraction of sp³-hybridized carbons (Fsp3) is 0.441. The predicted octanol–water partition coefficient (Wildman–Crippen LogP) is 8.05. The Hall–Kier alpha value is -4.00. The Kier molecular flexibility index (Phi) is 7.03. The zero-order valence-corrected chi connectivity index (χ0v) is 27.7. The number of fused-ring (bicyclic) bond motifs is 2. The zero-order chi connectivity index (χ0) is 34.9. The molecule has 3 saturated carbocycles. The van der Waals surface area contributed by atoms with Gasteiger partial charge in [-0.2, -0.15) is 24.0 Å². The van der Waals surface area contributed by atoms with E-state index in [2.05, 4.69) is 9.97 Å². The maximum absolute atomic E-state index is 17.2. The van der Waals surface area contributed by atoms with Crippen molar-refractivity contribution in [2.75, 3.05) is 36.9 Å². The van der Waals surface area contributed by atoms with E-state index < -0.39 is 47.9 Å². The number of anilines is 2. The van der Waals surface area contributed by atoms with E-state index >= 15 is 8.78 Å². The largest absolute Gasteiger partial charge is 0.489 e. The van der Waals surface area contributed by atoms with E-state index in [1.54, 1.807) is 0 Å². The third-order valence-electron chi connectivity index (χ3n) is 11.3. The number of nitriles is 1. The number of hydrogen-bond donors (Lipinski definition) is 1. The summed E-state index contributed by atoms with van der Waals surface area (Å²) in [5.41, 5.74) is 4.00. The highest BCUT2D eigenvalue weighted by Gasteiger charge is 2.63. The highest BCUT2D eigenvalue weighted by atomic mass is 35.5. The van der Waals surface area contributed by atoms with Gasteiger partial charge in [0.15, 0.2) is 11.6 Å². The van der Waals surface area contributed by atoms with E-state index in [0.717, 1.165) is 23.8 Å². The second-order valence-corrected chi connectivity index (χ2v) is 15.4. The highest BCUT2D eigenvalue weighted by molar-refractivity contribution is 7.23. The molecule has 3 aliphatic carbocycles. The van der Waals surface area contributed by atoms with Crippen LogP contribution in [0.1, 0.15) is 44.1 Å². The Labute approximate surface area is 290 Å². The Bertz CT molecular complexity index is 2210. The summed E-state index contributed by atoms with van der Waals surface area (Å²) in [6, 6.07) is 2.53. The number of alkyl halides is 2. The van der Waals surface area contributed by atoms with Gasteiger partial charge in [-0.25, -0.2) is 17.6 Å². The van der Waals surface area contributed by atoms with Gasteiger partial charge in [0.05, 0.1) is 26.2 Å². The number of thiophene rings is 1. The molecule has 16 heteroatoms. The summed E-state index contributed by atoms with van der Waals surface area (Å²) < 4.78 is 102. The summed E-state index contributed by atoms with van der Waals surface area (Å²) in [6.45, 7) is 0.0961. The van der Waals surface area contributed by atoms with Gasteiger partial charge in [0.2, 0.25) is 0 Å². The Balaban J connectivity index is 1.27. The molecule has 10 rings (SSSR count). The number of halogens is 7. The monoisotopic (exact) mass is 732 g/mol. The van der Waals surface area contributed by atoms with Crippen molar-refractivity contribution in [1.82, 2.24) is 14.9 Å². The average Bonchev–Trinajstić information content (AvgIpc) is 3.67. The van der Waals surface area contributed by atoms with Gasteiger partial charge in [0, 0.05) is 28.6 Å². The van der Waals surface area contributed by atoms with Crippen molar-refractivity contribution in [3.05, 3.63) is 46.0 Å². The first-order valence-electron chi connectivity index (χ1n) is 16.2. The third-order valence-corrected chi connectivity index (χ3v) is 12.7. The number of rotatable bonds is 6. The van der Waals surface area contributed by atoms with E-state index in [9.17, 15) is 22.8 Å². The standard InChI is InChI=1S/C34H27ClF6N6O2S/c35-23-21(16-2-3-18(36)27-20(16)17(10-42)30(43)50-27)24(37)25-22-26(23)48-12-19(29(40)41)47(34-6-14(7-34)8-34)31(22)45-32(44-25)49-13-33-4-1-5-46(33)11-15(9-33)28(38)39/h2-3,14,19,29H,1,4-9,11-13,43H2/t14?,19-,33+,34?/m1/s1. The summed E-state index contributed by atoms with van der Waals surface area (Å²) in [7, 11) is 0. The minimum absolute atomic E-state index is 0.00827. The van der Waals surface area contributed by atoms with Crippen molar-refractivity contribution in [2.24, 2.45) is 5.92 Å². The van der Waals surface area contributed by atoms with Gasteiger partial charge >= 0.3 is 6.01 Å². The SMILES string of the molecule is N#Cc1c(N)sc2c(F)ccc(-c3c(Cl)c4c5c(nc(OC[C@@]67CCCN6CC(=C(F)F)C7)nc5c3F)N(C35CC(C3)C5)[C@@H](C(F)F)CO4)c12. The molecule has 0 unspecified atom stereocenters. The van der Waals surface area contributed by atoms with Crippen LogP contribution in [0.15, 0.2) is 23.8 Å². The number of nitrogens with two attached hydrogens (primary N) is 1. The van der Waals surface area contributed by atoms with Crippen LogP contribution < -0.4 is 20.1 Å². The van der Waals surface area contributed by atoms with Gasteiger partial charge in [0.25, 0.3) is 12.5 Å². The van der Waals surface area contributed by atoms with Crippen LogP contribution in [0, 0.1) is 28.9 Å². The quantitative estimate of drug-likeness (QED) is 0.199. The number of aromatic nitrogens is 2. The molecule has 5 fully saturated rings. The van der Waals surface area contributed by atoms with Crippen molar-refractivity contribution < 1.29 is 35.8 Å². The lowest BCUT2D eigenvalue weighted by Gasteiger charge is -2.67. The molecule has 6 aliphatic rings. The van der Waals surface area contributed by atoms with E-state index in [4.69, 9.17) is 26.8 Å². The van der Waals surface area contributed by atoms with Crippen molar-refractivity contribution in [3.8, 4) is 29.0 Å². The summed E-state index contributed by atoms with van der Waals surface area (Å²) >= 11 is 7.77. The zero-order valence-electron chi connectivity index (χ0n) is 26.1. The van der Waals surface area contributed by atoms with Gasteiger partial charge in [-0.1, -0.05) is 17.7 Å². The lowest BCUT2D eigenvalue weighted by molar-refractivity contribution is -0.0490. The molecule has 8 nitrogen and oxygen atoms in total. The first-order chi connectivity index (χ1) is 23.9. The number of nitrogen functional groups attached to an aromatic ring is 1. The molecule has 2 atom stereocenters. The molecular weight excluding hydrogens is 706 g/mol. The van der Waals surface area contributed by atoms with Crippen molar-refractivity contribution in [3.63, 3.8) is 0 Å². The minimum Gasteiger partial charge on any atom is -0.489 e. The fourth-order valence-electron chi connectivity index (χ4n) is 8.91. The van der Waals surface area contributed by atoms with E-state index in [-0.39, 0.29) is 90.4 Å². The van der Waals surface area contributed by atoms with E-state index in [1.807, 2.05) is 11.0 Å². The van der Waals surface area contributed by atoms with Crippen LogP contribution in [0.25, 0.3) is 32.1 Å². The highest BCUT2D eigenvalue weighted by Crippen LogP contribution is 2.63. The normalized spacial score (nSPS) is 26.9. The van der Waals surface area contributed by atoms with Crippen LogP contribution in [-0.2, 0) is 0 Å². The second kappa shape index (κ2) is 11.0. The van der Waals surface area contributed by atoms with Crippen LogP contribution in [0.2, 0.25) is 5.02 Å². The number of nitrogens with zero attached hydrogens (tertiary/aromatic N) is 5. The molecule has 3 aliphatic heterocycles. The Morgan fingerprint density at radius 1 is 1.20 bits per heavy atom. The second-order valence-electron chi connectivity index (χ2n) is 14.0. The minimum atomic E-state index is -2.88. The van der Waals surface area contributed by atoms with Crippen LogP contribution in [0.3, 0.4) is 0 Å². The van der Waals surface area contributed by atoms with Gasteiger partial charge in [-0.05, 0) is 62.6 Å². The number of hydrogen-bond acceptors (Lipinski definition) is 9. The molecule has 260 valence electrons. The molecule has 5 heterocycles. The smallest absolute Gasteiger partial charge is 0.319 e. The maximum Gasteiger partial charge on any atom is 0.319 e. The van der Waals surface area contributed by atoms with Gasteiger partial charge in [-0.3, -0.25) is 4.90 Å². The molecule has 4 aromatic rings. The van der Waals surface area contributed by atoms with Crippen LogP contribution in [0.4, 0.5) is 37.2 Å². The van der Waals surface area contributed by atoms with Gasteiger partial charge in [0.1, 0.15) is 47.5 Å². The van der Waals surface area contributed by atoms with Crippen molar-refractivity contribution in [1.29, 1.82) is 5.26 Å². The summed E-state index contributed by atoms with van der Waals surface area (Å²) in [5, 5.41) is 9.66. The average molecular weight is 733 g/mol. The molecule has 0 amide bonds. The summed E-state index contributed by atoms with van der Waals surface area (Å²) in [4.78, 5) is 12.6. The molecule has 2 bridgehead atoms. The van der Waals surface area contributed by atoms with E-state index in [0.29, 0.717) is 38.1 Å². The third kappa shape index (κ3) is 4.33. The molecule has 2 saturated heterocycles. The predicted molar refractivity (Wildman–Crippen MR) is 175 cm³/mol. The first-order valence-corrected chi connectivity index (χ1v) is 17.4. The summed E-state index contributed by atoms with van der Waals surface area (Å²) in [5.74, 6) is -1.44. The topological polar surface area (TPSA) is 101 Å². The molecule has 0 radical (unpaired) electrons. The lowest BCUT2D eigenvalue weighted by Crippen LogP contribution is -2.72. The Morgan fingerprint density at radius 2 is 1.98 bits per heavy atom. The molecule has 2 N–H and O–H groups in total. The van der Waals surface area contributed by atoms with Crippen molar-refractivity contribution in [2.45, 2.75) is 62.1 Å². The molecule has 0 spiro atoms. The summed E-state index contributed by atoms with van der Waals surface area (Å²) in [6.07, 6.45) is -1.25. The molecular formula is C34H27ClF6N6O2S. The Morgan fingerprint density at radius 3 is 2.66 bits per heavy atom. The van der Waals surface area contributed by atoms with E-state index in [1.165, 1.54) is 11.0 Å². The van der Waals surface area contributed by atoms with Crippen LogP contribution >= 0.6 is 22.9 Å². The lowest BCUT2D eigenvalue weighted by atomic mass is 9.48. The first kappa shape index (κ1) is 31.9. The molecule has 2 aromatic carbocycles. The van der Waals surface area contributed by atoms with Crippen LogP contribution in [-0.4, -0.2) is 64.7 Å². The maximum atomic E-state index is 17.2. The van der Waals surface area contributed by atoms with Crippen LogP contribution in [0.5, 0.6) is 11.8 Å². The molecule has 50 heavy (non-hydrogen) atoms. The fourth-order valence-corrected chi connectivity index (χ4v) is 10.2. The van der Waals surface area contributed by atoms with Gasteiger partial charge in [-0.15, -0.1) is 11.3 Å². The number of benzene rings is 2. The van der Waals surface area contributed by atoms with Gasteiger partial charge < -0.3 is 20.1 Å². The molecule has 2 aromatic heterocycles.